The van der Waals surface area contributed by atoms with Crippen molar-refractivity contribution >= 4 is 6.09 Å². The maximum atomic E-state index is 11.1. The van der Waals surface area contributed by atoms with E-state index in [0.717, 1.165) is 0 Å². The van der Waals surface area contributed by atoms with Crippen molar-refractivity contribution in [2.45, 2.75) is 37.3 Å². The third kappa shape index (κ3) is 0.501. The number of amides is 1. The highest BCUT2D eigenvalue weighted by Crippen LogP contribution is 2.54. The van der Waals surface area contributed by atoms with Crippen molar-refractivity contribution in [1.29, 1.82) is 0 Å². The molecule has 3 nitrogen and oxygen atoms in total. The van der Waals surface area contributed by atoms with Gasteiger partial charge in [0.05, 0.1) is 6.04 Å². The lowest BCUT2D eigenvalue weighted by Gasteiger charge is -2.14. The molecule has 0 bridgehead atoms. The fourth-order valence-electron chi connectivity index (χ4n) is 2.70. The summed E-state index contributed by atoms with van der Waals surface area (Å²) in [5, 5.41) is 0. The lowest BCUT2D eigenvalue weighted by Crippen LogP contribution is -2.23. The molecule has 0 N–H and O–H groups in total. The molecule has 2 aliphatic heterocycles. The molecule has 0 aromatic heterocycles. The third-order valence-electron chi connectivity index (χ3n) is 3.32. The lowest BCUT2D eigenvalue weighted by molar-refractivity contribution is 0.149. The normalized spacial score (nSPS) is 46.4. The largest absolute Gasteiger partial charge is 0.447 e. The van der Waals surface area contributed by atoms with Gasteiger partial charge < -0.3 is 4.74 Å². The quantitative estimate of drug-likeness (QED) is 0.488. The summed E-state index contributed by atoms with van der Waals surface area (Å²) in [6, 6.07) is 0.553. The molecule has 11 heavy (non-hydrogen) atoms. The number of carbonyl (C=O) groups is 1. The second kappa shape index (κ2) is 1.54. The summed E-state index contributed by atoms with van der Waals surface area (Å²) in [6.07, 6.45) is 4.86. The highest BCUT2D eigenvalue weighted by atomic mass is 16.6. The molecule has 60 valence electrons. The predicted octanol–water partition coefficient (Wildman–Crippen LogP) is 1.13. The second-order valence-electron chi connectivity index (χ2n) is 3.79. The van der Waals surface area contributed by atoms with Crippen LogP contribution in [-0.4, -0.2) is 29.2 Å². The zero-order valence-corrected chi connectivity index (χ0v) is 6.38. The van der Waals surface area contributed by atoms with Gasteiger partial charge >= 0.3 is 6.09 Å². The highest BCUT2D eigenvalue weighted by molar-refractivity contribution is 5.77. The van der Waals surface area contributed by atoms with Gasteiger partial charge in [-0.05, 0) is 12.8 Å². The number of fused-ring (bicyclic) bond motifs is 1. The van der Waals surface area contributed by atoms with Crippen LogP contribution in [-0.2, 0) is 4.74 Å². The number of ether oxygens (including phenoxy) is 1. The molecule has 1 saturated carbocycles. The van der Waals surface area contributed by atoms with Gasteiger partial charge in [0.2, 0.25) is 0 Å². The number of nitrogens with zero attached hydrogens (tertiary/aromatic N) is 1. The molecule has 0 radical (unpaired) electrons. The van der Waals surface area contributed by atoms with E-state index in [0.29, 0.717) is 12.6 Å². The van der Waals surface area contributed by atoms with Gasteiger partial charge in [0.15, 0.2) is 0 Å². The fraction of sp³-hybridized carbons (Fsp3) is 0.875. The van der Waals surface area contributed by atoms with Crippen LogP contribution >= 0.6 is 0 Å². The Morgan fingerprint density at radius 3 is 3.27 bits per heavy atom. The minimum Gasteiger partial charge on any atom is -0.447 e. The summed E-state index contributed by atoms with van der Waals surface area (Å²) in [5.74, 6) is 0. The number of hydrogen-bond acceptors (Lipinski definition) is 2. The lowest BCUT2D eigenvalue weighted by atomic mass is 9.90. The van der Waals surface area contributed by atoms with Crippen LogP contribution in [0, 0.1) is 0 Å². The van der Waals surface area contributed by atoms with Gasteiger partial charge in [0, 0.05) is 0 Å². The first-order valence-corrected chi connectivity index (χ1v) is 4.31. The summed E-state index contributed by atoms with van der Waals surface area (Å²) in [4.78, 5) is 13.0. The third-order valence-corrected chi connectivity index (χ3v) is 3.32. The molecular formula is C8H11NO2. The summed E-state index contributed by atoms with van der Waals surface area (Å²) in [6.45, 7) is 0.663. The van der Waals surface area contributed by atoms with Gasteiger partial charge in [0.1, 0.15) is 12.1 Å². The van der Waals surface area contributed by atoms with Gasteiger partial charge in [0.25, 0.3) is 0 Å². The average Bonchev–Trinajstić information content (AvgIpc) is 2.60. The molecule has 1 spiro atoms. The van der Waals surface area contributed by atoms with Crippen molar-refractivity contribution in [1.82, 2.24) is 4.90 Å². The van der Waals surface area contributed by atoms with Gasteiger partial charge in [-0.3, -0.25) is 4.90 Å². The van der Waals surface area contributed by atoms with Crippen LogP contribution in [0.1, 0.15) is 25.7 Å². The van der Waals surface area contributed by atoms with Crippen LogP contribution in [0.2, 0.25) is 0 Å². The predicted molar refractivity (Wildman–Crippen MR) is 38.2 cm³/mol. The minimum absolute atomic E-state index is 0.0723. The van der Waals surface area contributed by atoms with Gasteiger partial charge in [-0.2, -0.15) is 0 Å². The van der Waals surface area contributed by atoms with Crippen LogP contribution in [0.5, 0.6) is 0 Å². The molecule has 3 fully saturated rings. The van der Waals surface area contributed by atoms with Crippen LogP contribution in [0.25, 0.3) is 0 Å². The standard InChI is InChI=1S/C8H11NO2/c10-7-9-6-3-1-2-4-8(6,9)5-11-7/h6H,1-5H2. The molecule has 1 aliphatic carbocycles. The van der Waals surface area contributed by atoms with Crippen LogP contribution in [0.15, 0.2) is 0 Å². The van der Waals surface area contributed by atoms with Crippen molar-refractivity contribution in [3.8, 4) is 0 Å². The van der Waals surface area contributed by atoms with Crippen LogP contribution in [0.4, 0.5) is 4.79 Å². The molecular weight excluding hydrogens is 142 g/mol. The van der Waals surface area contributed by atoms with Crippen molar-refractivity contribution in [3.05, 3.63) is 0 Å². The van der Waals surface area contributed by atoms with Crippen molar-refractivity contribution < 1.29 is 9.53 Å². The molecule has 0 aromatic carbocycles. The van der Waals surface area contributed by atoms with E-state index in [1.165, 1.54) is 25.7 Å². The van der Waals surface area contributed by atoms with E-state index in [9.17, 15) is 4.79 Å². The van der Waals surface area contributed by atoms with E-state index in [-0.39, 0.29) is 11.6 Å². The van der Waals surface area contributed by atoms with E-state index in [2.05, 4.69) is 0 Å². The Kier molecular flexibility index (Phi) is 0.822. The first-order valence-electron chi connectivity index (χ1n) is 4.31. The molecule has 3 rings (SSSR count). The molecule has 3 heteroatoms. The van der Waals surface area contributed by atoms with Gasteiger partial charge in [-0.1, -0.05) is 12.8 Å². The van der Waals surface area contributed by atoms with Gasteiger partial charge in [-0.25, -0.2) is 4.79 Å². The molecule has 1 amide bonds. The van der Waals surface area contributed by atoms with Crippen molar-refractivity contribution in [2.24, 2.45) is 0 Å². The van der Waals surface area contributed by atoms with Gasteiger partial charge in [-0.15, -0.1) is 0 Å². The Balaban J connectivity index is 1.93. The Morgan fingerprint density at radius 2 is 2.45 bits per heavy atom. The number of cyclic esters (lactones) is 1. The maximum Gasteiger partial charge on any atom is 0.410 e. The summed E-state index contributed by atoms with van der Waals surface area (Å²) >= 11 is 0. The maximum absolute atomic E-state index is 11.1. The molecule has 2 unspecified atom stereocenters. The van der Waals surface area contributed by atoms with E-state index in [1.807, 2.05) is 4.90 Å². The van der Waals surface area contributed by atoms with E-state index >= 15 is 0 Å². The zero-order valence-electron chi connectivity index (χ0n) is 6.38. The number of carbonyl (C=O) groups excluding carboxylic acids is 1. The molecule has 2 heterocycles. The van der Waals surface area contributed by atoms with Crippen LogP contribution < -0.4 is 0 Å². The topological polar surface area (TPSA) is 29.3 Å². The van der Waals surface area contributed by atoms with E-state index < -0.39 is 0 Å². The first-order chi connectivity index (χ1) is 5.34. The monoisotopic (exact) mass is 153 g/mol. The molecule has 3 aliphatic rings. The Morgan fingerprint density at radius 1 is 1.55 bits per heavy atom. The van der Waals surface area contributed by atoms with Crippen molar-refractivity contribution in [2.75, 3.05) is 6.61 Å². The Labute approximate surface area is 65.3 Å². The molecule has 0 aromatic rings. The second-order valence-corrected chi connectivity index (χ2v) is 3.79. The van der Waals surface area contributed by atoms with E-state index in [4.69, 9.17) is 4.74 Å². The average molecular weight is 153 g/mol. The number of rotatable bonds is 0. The molecule has 2 atom stereocenters. The summed E-state index contributed by atoms with van der Waals surface area (Å²) < 4.78 is 4.96. The SMILES string of the molecule is O=C1OCC23CCCCC2N13. The van der Waals surface area contributed by atoms with Crippen molar-refractivity contribution in [3.63, 3.8) is 0 Å². The summed E-state index contributed by atoms with van der Waals surface area (Å²) in [5.41, 5.74) is 0.190. The summed E-state index contributed by atoms with van der Waals surface area (Å²) in [7, 11) is 0. The van der Waals surface area contributed by atoms with Crippen LogP contribution in [0.3, 0.4) is 0 Å². The zero-order chi connectivity index (χ0) is 7.47. The minimum atomic E-state index is -0.0723. The first kappa shape index (κ1) is 5.86. The smallest absolute Gasteiger partial charge is 0.410 e. The fourth-order valence-corrected chi connectivity index (χ4v) is 2.70. The molecule has 2 saturated heterocycles. The Hall–Kier alpha value is -0.730. The van der Waals surface area contributed by atoms with E-state index in [1.54, 1.807) is 0 Å². The number of hydrogen-bond donors (Lipinski definition) is 0. The Bertz CT molecular complexity index is 228. The highest BCUT2D eigenvalue weighted by Gasteiger charge is 2.70.